The Hall–Kier alpha value is -1.55. The van der Waals surface area contributed by atoms with Gasteiger partial charge in [-0.25, -0.2) is 4.79 Å². The molecule has 0 fully saturated rings. The first-order valence-corrected chi connectivity index (χ1v) is 7.59. The normalized spacial score (nSPS) is 14.8. The average molecular weight is 291 g/mol. The molecule has 1 aromatic carbocycles. The molecule has 0 atom stereocenters. The van der Waals surface area contributed by atoms with Gasteiger partial charge in [0, 0.05) is 19.7 Å². The molecule has 0 bridgehead atoms. The van der Waals surface area contributed by atoms with Crippen LogP contribution in [0, 0.1) is 0 Å². The SMILES string of the molecule is CC(C)(C)OC(=O)N1CCc2c(CCCO)cccc2C1. The number of carbonyl (C=O) groups is 1. The molecule has 2 rings (SSSR count). The molecule has 0 aliphatic carbocycles. The Balaban J connectivity index is 2.09. The van der Waals surface area contributed by atoms with Crippen LogP contribution in [0.4, 0.5) is 4.79 Å². The van der Waals surface area contributed by atoms with Crippen molar-refractivity contribution in [2.45, 2.75) is 52.2 Å². The predicted molar refractivity (Wildman–Crippen MR) is 82.2 cm³/mol. The highest BCUT2D eigenvalue weighted by molar-refractivity contribution is 5.68. The van der Waals surface area contributed by atoms with Crippen molar-refractivity contribution in [1.29, 1.82) is 0 Å². The van der Waals surface area contributed by atoms with Gasteiger partial charge in [-0.2, -0.15) is 0 Å². The summed E-state index contributed by atoms with van der Waals surface area (Å²) in [6.07, 6.45) is 2.29. The van der Waals surface area contributed by atoms with Crippen molar-refractivity contribution in [2.24, 2.45) is 0 Å². The molecule has 0 saturated heterocycles. The molecular weight excluding hydrogens is 266 g/mol. The molecular formula is C17H25NO3. The zero-order valence-electron chi connectivity index (χ0n) is 13.2. The van der Waals surface area contributed by atoms with E-state index < -0.39 is 5.60 Å². The summed E-state index contributed by atoms with van der Waals surface area (Å²) < 4.78 is 5.44. The monoisotopic (exact) mass is 291 g/mol. The van der Waals surface area contributed by atoms with Crippen molar-refractivity contribution < 1.29 is 14.6 Å². The van der Waals surface area contributed by atoms with Gasteiger partial charge in [-0.15, -0.1) is 0 Å². The van der Waals surface area contributed by atoms with Crippen molar-refractivity contribution in [1.82, 2.24) is 4.90 Å². The maximum Gasteiger partial charge on any atom is 0.410 e. The Kier molecular flexibility index (Phi) is 4.88. The number of hydrogen-bond donors (Lipinski definition) is 1. The highest BCUT2D eigenvalue weighted by Crippen LogP contribution is 2.24. The molecule has 21 heavy (non-hydrogen) atoms. The second-order valence-corrected chi connectivity index (χ2v) is 6.53. The third-order valence-corrected chi connectivity index (χ3v) is 3.62. The molecule has 0 radical (unpaired) electrons. The molecule has 1 aromatic rings. The van der Waals surface area contributed by atoms with Crippen molar-refractivity contribution in [3.05, 3.63) is 34.9 Å². The van der Waals surface area contributed by atoms with E-state index in [-0.39, 0.29) is 12.7 Å². The van der Waals surface area contributed by atoms with Gasteiger partial charge in [0.15, 0.2) is 0 Å². The number of aryl methyl sites for hydroxylation is 1. The van der Waals surface area contributed by atoms with Crippen molar-refractivity contribution >= 4 is 6.09 Å². The summed E-state index contributed by atoms with van der Waals surface area (Å²) in [5.41, 5.74) is 3.37. The van der Waals surface area contributed by atoms with Gasteiger partial charge in [-0.05, 0) is 56.7 Å². The maximum absolute atomic E-state index is 12.2. The minimum atomic E-state index is -0.458. The summed E-state index contributed by atoms with van der Waals surface area (Å²) in [4.78, 5) is 13.9. The fourth-order valence-corrected chi connectivity index (χ4v) is 2.67. The van der Waals surface area contributed by atoms with Gasteiger partial charge in [0.25, 0.3) is 0 Å². The van der Waals surface area contributed by atoms with E-state index in [1.54, 1.807) is 4.90 Å². The molecule has 0 unspecified atom stereocenters. The Bertz CT molecular complexity index is 505. The van der Waals surface area contributed by atoms with Gasteiger partial charge >= 0.3 is 6.09 Å². The van der Waals surface area contributed by atoms with Gasteiger partial charge in [0.2, 0.25) is 0 Å². The van der Waals surface area contributed by atoms with Crippen LogP contribution in [0.25, 0.3) is 0 Å². The lowest BCUT2D eigenvalue weighted by Crippen LogP contribution is -2.40. The summed E-state index contributed by atoms with van der Waals surface area (Å²) in [5.74, 6) is 0. The molecule has 4 nitrogen and oxygen atoms in total. The second-order valence-electron chi connectivity index (χ2n) is 6.53. The summed E-state index contributed by atoms with van der Waals surface area (Å²) in [5, 5.41) is 8.99. The lowest BCUT2D eigenvalue weighted by molar-refractivity contribution is 0.0223. The summed E-state index contributed by atoms with van der Waals surface area (Å²) in [6, 6.07) is 6.23. The first-order valence-electron chi connectivity index (χ1n) is 7.59. The Morgan fingerprint density at radius 1 is 1.38 bits per heavy atom. The molecule has 1 amide bonds. The third kappa shape index (κ3) is 4.21. The van der Waals surface area contributed by atoms with Crippen LogP contribution in [0.15, 0.2) is 18.2 Å². The molecule has 1 aliphatic heterocycles. The molecule has 0 saturated carbocycles. The molecule has 0 spiro atoms. The highest BCUT2D eigenvalue weighted by atomic mass is 16.6. The zero-order chi connectivity index (χ0) is 15.5. The number of carbonyl (C=O) groups excluding carboxylic acids is 1. The quantitative estimate of drug-likeness (QED) is 0.931. The van der Waals surface area contributed by atoms with Crippen molar-refractivity contribution in [3.63, 3.8) is 0 Å². The molecule has 1 aliphatic rings. The fraction of sp³-hybridized carbons (Fsp3) is 0.588. The zero-order valence-corrected chi connectivity index (χ0v) is 13.2. The average Bonchev–Trinajstić information content (AvgIpc) is 2.42. The number of aliphatic hydroxyl groups excluding tert-OH is 1. The number of benzene rings is 1. The van der Waals surface area contributed by atoms with Crippen LogP contribution in [0.3, 0.4) is 0 Å². The van der Waals surface area contributed by atoms with Gasteiger partial charge in [0.05, 0.1) is 0 Å². The lowest BCUT2D eigenvalue weighted by atomic mass is 9.92. The standard InChI is InChI=1S/C17H25NO3/c1-17(2,3)21-16(20)18-10-9-15-13(8-5-11-19)6-4-7-14(15)12-18/h4,6-7,19H,5,8-12H2,1-3H3. The largest absolute Gasteiger partial charge is 0.444 e. The number of hydrogen-bond acceptors (Lipinski definition) is 3. The molecule has 1 N–H and O–H groups in total. The van der Waals surface area contributed by atoms with Crippen molar-refractivity contribution in [2.75, 3.05) is 13.2 Å². The summed E-state index contributed by atoms with van der Waals surface area (Å²) >= 11 is 0. The number of rotatable bonds is 3. The molecule has 1 heterocycles. The third-order valence-electron chi connectivity index (χ3n) is 3.62. The van der Waals surface area contributed by atoms with E-state index in [0.29, 0.717) is 13.1 Å². The number of fused-ring (bicyclic) bond motifs is 1. The smallest absolute Gasteiger partial charge is 0.410 e. The van der Waals surface area contributed by atoms with E-state index in [9.17, 15) is 4.79 Å². The van der Waals surface area contributed by atoms with E-state index >= 15 is 0 Å². The van der Waals surface area contributed by atoms with Crippen LogP contribution in [0.1, 0.15) is 43.9 Å². The summed E-state index contributed by atoms with van der Waals surface area (Å²) in [7, 11) is 0. The first-order chi connectivity index (χ1) is 9.90. The highest BCUT2D eigenvalue weighted by Gasteiger charge is 2.26. The molecule has 4 heteroatoms. The molecule has 116 valence electrons. The van der Waals surface area contributed by atoms with Crippen LogP contribution in [-0.4, -0.2) is 34.9 Å². The van der Waals surface area contributed by atoms with Crippen LogP contribution in [0.2, 0.25) is 0 Å². The Morgan fingerprint density at radius 2 is 2.14 bits per heavy atom. The minimum absolute atomic E-state index is 0.216. The van der Waals surface area contributed by atoms with Gasteiger partial charge in [0.1, 0.15) is 5.60 Å². The van der Waals surface area contributed by atoms with E-state index in [0.717, 1.165) is 19.3 Å². The number of ether oxygens (including phenoxy) is 1. The minimum Gasteiger partial charge on any atom is -0.444 e. The van der Waals surface area contributed by atoms with E-state index in [4.69, 9.17) is 9.84 Å². The first kappa shape index (κ1) is 15.8. The number of nitrogens with zero attached hydrogens (tertiary/aromatic N) is 1. The lowest BCUT2D eigenvalue weighted by Gasteiger charge is -2.32. The van der Waals surface area contributed by atoms with Gasteiger partial charge < -0.3 is 14.7 Å². The van der Waals surface area contributed by atoms with Crippen LogP contribution >= 0.6 is 0 Å². The van der Waals surface area contributed by atoms with Gasteiger partial charge in [-0.1, -0.05) is 18.2 Å². The van der Waals surface area contributed by atoms with E-state index in [2.05, 4.69) is 12.1 Å². The topological polar surface area (TPSA) is 49.8 Å². The fourth-order valence-electron chi connectivity index (χ4n) is 2.67. The van der Waals surface area contributed by atoms with Crippen LogP contribution in [0.5, 0.6) is 0 Å². The van der Waals surface area contributed by atoms with E-state index in [1.165, 1.54) is 16.7 Å². The maximum atomic E-state index is 12.2. The Labute approximate surface area is 126 Å². The number of aliphatic hydroxyl groups is 1. The van der Waals surface area contributed by atoms with Gasteiger partial charge in [-0.3, -0.25) is 0 Å². The Morgan fingerprint density at radius 3 is 2.81 bits per heavy atom. The summed E-state index contributed by atoms with van der Waals surface area (Å²) in [6.45, 7) is 7.17. The molecule has 0 aromatic heterocycles. The van der Waals surface area contributed by atoms with Crippen LogP contribution in [-0.2, 0) is 24.1 Å². The van der Waals surface area contributed by atoms with Crippen molar-refractivity contribution in [3.8, 4) is 0 Å². The second kappa shape index (κ2) is 6.48. The van der Waals surface area contributed by atoms with E-state index in [1.807, 2.05) is 26.8 Å². The predicted octanol–water partition coefficient (Wildman–Crippen LogP) is 2.90. The number of amides is 1. The van der Waals surface area contributed by atoms with Crippen LogP contribution < -0.4 is 0 Å².